The first-order valence-corrected chi connectivity index (χ1v) is 7.21. The van der Waals surface area contributed by atoms with E-state index < -0.39 is 0 Å². The van der Waals surface area contributed by atoms with Crippen LogP contribution in [-0.4, -0.2) is 12.1 Å². The third-order valence-corrected chi connectivity index (χ3v) is 4.04. The lowest BCUT2D eigenvalue weighted by Crippen LogP contribution is -2.24. The summed E-state index contributed by atoms with van der Waals surface area (Å²) < 4.78 is 5.56. The lowest BCUT2D eigenvalue weighted by molar-refractivity contribution is -0.151. The van der Waals surface area contributed by atoms with Gasteiger partial charge >= 0.3 is 5.97 Å². The molecule has 0 bridgehead atoms. The molecule has 1 aromatic carbocycles. The Bertz CT molecular complexity index is 455. The van der Waals surface area contributed by atoms with Gasteiger partial charge in [0.25, 0.3) is 0 Å². The molecule has 4 heteroatoms. The van der Waals surface area contributed by atoms with Crippen LogP contribution in [0.5, 0.6) is 0 Å². The SMILES string of the molecule is CC(C(=O)OC1CCCCC1)c1ccc(N)c(Cl)c1. The van der Waals surface area contributed by atoms with Crippen molar-refractivity contribution in [1.82, 2.24) is 0 Å². The van der Waals surface area contributed by atoms with Gasteiger partial charge in [0.1, 0.15) is 6.10 Å². The van der Waals surface area contributed by atoms with E-state index in [1.807, 2.05) is 13.0 Å². The Labute approximate surface area is 119 Å². The maximum absolute atomic E-state index is 12.1. The summed E-state index contributed by atoms with van der Waals surface area (Å²) in [6.45, 7) is 1.84. The van der Waals surface area contributed by atoms with Crippen LogP contribution in [0.15, 0.2) is 18.2 Å². The average molecular weight is 282 g/mol. The Hall–Kier alpha value is -1.22. The topological polar surface area (TPSA) is 52.3 Å². The second-order valence-corrected chi connectivity index (χ2v) is 5.61. The standard InChI is InChI=1S/C15H20ClNO2/c1-10(11-7-8-14(17)13(16)9-11)15(18)19-12-5-3-2-4-6-12/h7-10,12H,2-6,17H2,1H3. The lowest BCUT2D eigenvalue weighted by atomic mass is 9.97. The van der Waals surface area contributed by atoms with Crippen LogP contribution >= 0.6 is 11.6 Å². The number of halogens is 1. The number of nitrogens with two attached hydrogens (primary N) is 1. The Kier molecular flexibility index (Phi) is 4.70. The number of rotatable bonds is 3. The first-order chi connectivity index (χ1) is 9.08. The predicted molar refractivity (Wildman–Crippen MR) is 77.2 cm³/mol. The van der Waals surface area contributed by atoms with Crippen molar-refractivity contribution >= 4 is 23.3 Å². The largest absolute Gasteiger partial charge is 0.462 e. The highest BCUT2D eigenvalue weighted by molar-refractivity contribution is 6.33. The van der Waals surface area contributed by atoms with Gasteiger partial charge in [0, 0.05) is 0 Å². The van der Waals surface area contributed by atoms with Crippen molar-refractivity contribution in [3.8, 4) is 0 Å². The van der Waals surface area contributed by atoms with Gasteiger partial charge in [-0.2, -0.15) is 0 Å². The maximum atomic E-state index is 12.1. The third kappa shape index (κ3) is 3.63. The second-order valence-electron chi connectivity index (χ2n) is 5.20. The lowest BCUT2D eigenvalue weighted by Gasteiger charge is -2.23. The van der Waals surface area contributed by atoms with Gasteiger partial charge in [-0.15, -0.1) is 0 Å². The van der Waals surface area contributed by atoms with Crippen LogP contribution in [0.25, 0.3) is 0 Å². The molecule has 0 aliphatic heterocycles. The molecule has 19 heavy (non-hydrogen) atoms. The molecule has 104 valence electrons. The molecule has 0 heterocycles. The van der Waals surface area contributed by atoms with E-state index in [2.05, 4.69) is 0 Å². The van der Waals surface area contributed by atoms with Crippen LogP contribution in [-0.2, 0) is 9.53 Å². The molecule has 2 N–H and O–H groups in total. The summed E-state index contributed by atoms with van der Waals surface area (Å²) in [6, 6.07) is 5.29. The number of carbonyl (C=O) groups excluding carboxylic acids is 1. The first-order valence-electron chi connectivity index (χ1n) is 6.83. The molecule has 1 aliphatic rings. The summed E-state index contributed by atoms with van der Waals surface area (Å²) >= 11 is 5.98. The van der Waals surface area contributed by atoms with Crippen molar-refractivity contribution in [2.75, 3.05) is 5.73 Å². The predicted octanol–water partition coefficient (Wildman–Crippen LogP) is 3.90. The first kappa shape index (κ1) is 14.2. The van der Waals surface area contributed by atoms with Gasteiger partial charge in [-0.25, -0.2) is 0 Å². The number of benzene rings is 1. The third-order valence-electron chi connectivity index (χ3n) is 3.71. The minimum Gasteiger partial charge on any atom is -0.462 e. The fraction of sp³-hybridized carbons (Fsp3) is 0.533. The van der Waals surface area contributed by atoms with Crippen molar-refractivity contribution < 1.29 is 9.53 Å². The van der Waals surface area contributed by atoms with E-state index in [9.17, 15) is 4.79 Å². The van der Waals surface area contributed by atoms with Gasteiger partial charge in [-0.1, -0.05) is 24.1 Å². The molecular weight excluding hydrogens is 262 g/mol. The summed E-state index contributed by atoms with van der Waals surface area (Å²) in [5.41, 5.74) is 7.04. The van der Waals surface area contributed by atoms with Crippen LogP contribution < -0.4 is 5.73 Å². The number of nitrogen functional groups attached to an aromatic ring is 1. The van der Waals surface area contributed by atoms with E-state index >= 15 is 0 Å². The number of carbonyl (C=O) groups is 1. The maximum Gasteiger partial charge on any atom is 0.313 e. The fourth-order valence-corrected chi connectivity index (χ4v) is 2.59. The molecular formula is C15H20ClNO2. The molecule has 1 aromatic rings. The normalized spacial score (nSPS) is 18.0. The highest BCUT2D eigenvalue weighted by atomic mass is 35.5. The van der Waals surface area contributed by atoms with Crippen LogP contribution in [0.4, 0.5) is 5.69 Å². The summed E-state index contributed by atoms with van der Waals surface area (Å²) in [5.74, 6) is -0.479. The minimum absolute atomic E-state index is 0.0907. The summed E-state index contributed by atoms with van der Waals surface area (Å²) in [4.78, 5) is 12.1. The van der Waals surface area contributed by atoms with Gasteiger partial charge in [0.2, 0.25) is 0 Å². The van der Waals surface area contributed by atoms with Crippen LogP contribution in [0.3, 0.4) is 0 Å². The smallest absolute Gasteiger partial charge is 0.313 e. The van der Waals surface area contributed by atoms with Crippen LogP contribution in [0, 0.1) is 0 Å². The fourth-order valence-electron chi connectivity index (χ4n) is 2.40. The van der Waals surface area contributed by atoms with E-state index in [1.165, 1.54) is 6.42 Å². The highest BCUT2D eigenvalue weighted by Gasteiger charge is 2.23. The molecule has 0 radical (unpaired) electrons. The zero-order chi connectivity index (χ0) is 13.8. The molecule has 1 aliphatic carbocycles. The molecule has 2 rings (SSSR count). The highest BCUT2D eigenvalue weighted by Crippen LogP contribution is 2.27. The minimum atomic E-state index is -0.306. The Morgan fingerprint density at radius 2 is 2.05 bits per heavy atom. The van der Waals surface area contributed by atoms with E-state index in [0.29, 0.717) is 10.7 Å². The van der Waals surface area contributed by atoms with Crippen molar-refractivity contribution in [3.63, 3.8) is 0 Å². The molecule has 0 aromatic heterocycles. The quantitative estimate of drug-likeness (QED) is 0.675. The number of hydrogen-bond acceptors (Lipinski definition) is 3. The molecule has 0 saturated heterocycles. The van der Waals surface area contributed by atoms with E-state index in [1.54, 1.807) is 12.1 Å². The van der Waals surface area contributed by atoms with Crippen LogP contribution in [0.1, 0.15) is 50.5 Å². The van der Waals surface area contributed by atoms with Crippen molar-refractivity contribution in [2.45, 2.75) is 51.0 Å². The van der Waals surface area contributed by atoms with E-state index in [0.717, 1.165) is 31.2 Å². The number of anilines is 1. The average Bonchev–Trinajstić information content (AvgIpc) is 2.42. The Morgan fingerprint density at radius 3 is 2.68 bits per heavy atom. The Morgan fingerprint density at radius 1 is 1.37 bits per heavy atom. The van der Waals surface area contributed by atoms with Crippen molar-refractivity contribution in [1.29, 1.82) is 0 Å². The number of esters is 1. The monoisotopic (exact) mass is 281 g/mol. The van der Waals surface area contributed by atoms with Gasteiger partial charge in [0.15, 0.2) is 0 Å². The summed E-state index contributed by atoms with van der Waals surface area (Å²) in [5, 5.41) is 0.481. The molecule has 3 nitrogen and oxygen atoms in total. The molecule has 1 atom stereocenters. The zero-order valence-corrected chi connectivity index (χ0v) is 12.0. The van der Waals surface area contributed by atoms with Crippen LogP contribution in [0.2, 0.25) is 5.02 Å². The molecule has 0 spiro atoms. The number of ether oxygens (including phenoxy) is 1. The molecule has 0 amide bonds. The zero-order valence-electron chi connectivity index (χ0n) is 11.2. The van der Waals surface area contributed by atoms with Crippen molar-refractivity contribution in [2.24, 2.45) is 0 Å². The Balaban J connectivity index is 1.99. The van der Waals surface area contributed by atoms with Gasteiger partial charge in [0.05, 0.1) is 16.6 Å². The van der Waals surface area contributed by atoms with Gasteiger partial charge in [-0.3, -0.25) is 4.79 Å². The van der Waals surface area contributed by atoms with Crippen molar-refractivity contribution in [3.05, 3.63) is 28.8 Å². The molecule has 1 fully saturated rings. The number of hydrogen-bond donors (Lipinski definition) is 1. The summed E-state index contributed by atoms with van der Waals surface area (Å²) in [6.07, 6.45) is 5.62. The van der Waals surface area contributed by atoms with Gasteiger partial charge in [-0.05, 0) is 50.3 Å². The molecule has 1 saturated carbocycles. The van der Waals surface area contributed by atoms with E-state index in [4.69, 9.17) is 22.1 Å². The van der Waals surface area contributed by atoms with Gasteiger partial charge < -0.3 is 10.5 Å². The molecule has 1 unspecified atom stereocenters. The summed E-state index contributed by atoms with van der Waals surface area (Å²) in [7, 11) is 0. The van der Waals surface area contributed by atoms with E-state index in [-0.39, 0.29) is 18.0 Å². The second kappa shape index (κ2) is 6.29.